The maximum absolute atomic E-state index is 13.5. The Balaban J connectivity index is 1.28. The highest BCUT2D eigenvalue weighted by molar-refractivity contribution is 8.00. The summed E-state index contributed by atoms with van der Waals surface area (Å²) in [5.41, 5.74) is 2.29. The molecule has 0 aliphatic rings. The first-order chi connectivity index (χ1) is 21.9. The second kappa shape index (κ2) is 14.8. The molecule has 0 fully saturated rings. The molecule has 0 unspecified atom stereocenters. The molecule has 3 N–H and O–H groups in total. The van der Waals surface area contributed by atoms with Crippen molar-refractivity contribution in [1.82, 2.24) is 5.32 Å². The number of amides is 3. The van der Waals surface area contributed by atoms with Crippen molar-refractivity contribution in [2.24, 2.45) is 0 Å². The SMILES string of the molecule is COc1ccc(/C=C(/NC(=O)c2ccccc2)C(=O)Nc2cccc(SCC(=O)Nc3ccc4ccccc4c3)c2)cc1OC. The summed E-state index contributed by atoms with van der Waals surface area (Å²) in [6.45, 7) is 0. The fourth-order valence-electron chi connectivity index (χ4n) is 4.53. The molecule has 226 valence electrons. The first-order valence-corrected chi connectivity index (χ1v) is 15.0. The van der Waals surface area contributed by atoms with E-state index in [1.54, 1.807) is 66.7 Å². The van der Waals surface area contributed by atoms with Gasteiger partial charge in [0.15, 0.2) is 11.5 Å². The molecule has 0 bridgehead atoms. The van der Waals surface area contributed by atoms with Gasteiger partial charge in [0.2, 0.25) is 5.91 Å². The molecule has 0 heterocycles. The van der Waals surface area contributed by atoms with E-state index < -0.39 is 11.8 Å². The number of carbonyl (C=O) groups excluding carboxylic acids is 3. The first-order valence-electron chi connectivity index (χ1n) is 14.0. The molecule has 0 radical (unpaired) electrons. The van der Waals surface area contributed by atoms with Gasteiger partial charge in [-0.25, -0.2) is 0 Å². The number of fused-ring (bicyclic) bond motifs is 1. The Morgan fingerprint density at radius 2 is 1.42 bits per heavy atom. The Morgan fingerprint density at radius 1 is 0.689 bits per heavy atom. The summed E-state index contributed by atoms with van der Waals surface area (Å²) in [6.07, 6.45) is 1.56. The summed E-state index contributed by atoms with van der Waals surface area (Å²) in [5.74, 6) is 0.101. The molecule has 5 aromatic carbocycles. The molecule has 0 saturated heterocycles. The van der Waals surface area contributed by atoms with Gasteiger partial charge in [0.05, 0.1) is 20.0 Å². The van der Waals surface area contributed by atoms with E-state index in [1.165, 1.54) is 26.0 Å². The zero-order chi connectivity index (χ0) is 31.6. The van der Waals surface area contributed by atoms with Crippen molar-refractivity contribution in [2.75, 3.05) is 30.6 Å². The summed E-state index contributed by atoms with van der Waals surface area (Å²) in [5, 5.41) is 10.7. The Labute approximate surface area is 265 Å². The molecule has 0 spiro atoms. The van der Waals surface area contributed by atoms with Crippen LogP contribution in [-0.2, 0) is 9.59 Å². The number of benzene rings is 5. The fraction of sp³-hybridized carbons (Fsp3) is 0.0833. The van der Waals surface area contributed by atoms with E-state index >= 15 is 0 Å². The van der Waals surface area contributed by atoms with Crippen molar-refractivity contribution in [1.29, 1.82) is 0 Å². The molecule has 0 atom stereocenters. The number of nitrogens with one attached hydrogen (secondary N) is 3. The van der Waals surface area contributed by atoms with Crippen LogP contribution in [0.5, 0.6) is 11.5 Å². The molecule has 0 aliphatic heterocycles. The largest absolute Gasteiger partial charge is 0.493 e. The molecular weight excluding hydrogens is 586 g/mol. The maximum atomic E-state index is 13.5. The Kier molecular flexibility index (Phi) is 10.1. The van der Waals surface area contributed by atoms with Crippen LogP contribution in [0.2, 0.25) is 0 Å². The minimum absolute atomic E-state index is 0.0314. The topological polar surface area (TPSA) is 106 Å². The molecule has 0 aliphatic carbocycles. The van der Waals surface area contributed by atoms with E-state index in [9.17, 15) is 14.4 Å². The Morgan fingerprint density at radius 3 is 2.20 bits per heavy atom. The van der Waals surface area contributed by atoms with Crippen molar-refractivity contribution in [3.05, 3.63) is 132 Å². The second-order valence-corrected chi connectivity index (χ2v) is 10.9. The van der Waals surface area contributed by atoms with Gasteiger partial charge in [-0.05, 0) is 77.0 Å². The van der Waals surface area contributed by atoms with Crippen molar-refractivity contribution in [3.63, 3.8) is 0 Å². The number of hydrogen-bond donors (Lipinski definition) is 3. The minimum atomic E-state index is -0.523. The van der Waals surface area contributed by atoms with Gasteiger partial charge in [-0.3, -0.25) is 14.4 Å². The molecule has 0 saturated carbocycles. The van der Waals surface area contributed by atoms with Gasteiger partial charge in [-0.2, -0.15) is 0 Å². The number of carbonyl (C=O) groups is 3. The Bertz CT molecular complexity index is 1870. The van der Waals surface area contributed by atoms with Crippen LogP contribution in [-0.4, -0.2) is 37.7 Å². The summed E-state index contributed by atoms with van der Waals surface area (Å²) >= 11 is 1.35. The zero-order valence-electron chi connectivity index (χ0n) is 24.7. The van der Waals surface area contributed by atoms with Crippen LogP contribution in [0.1, 0.15) is 15.9 Å². The van der Waals surface area contributed by atoms with E-state index in [4.69, 9.17) is 9.47 Å². The third-order valence-corrected chi connectivity index (χ3v) is 7.74. The number of thioether (sulfide) groups is 1. The van der Waals surface area contributed by atoms with E-state index in [0.717, 1.165) is 21.4 Å². The highest BCUT2D eigenvalue weighted by Crippen LogP contribution is 2.29. The van der Waals surface area contributed by atoms with Gasteiger partial charge < -0.3 is 25.4 Å². The van der Waals surface area contributed by atoms with Crippen LogP contribution >= 0.6 is 11.8 Å². The number of hydrogen-bond acceptors (Lipinski definition) is 6. The molecule has 5 rings (SSSR count). The molecular formula is C36H31N3O5S. The maximum Gasteiger partial charge on any atom is 0.272 e. The van der Waals surface area contributed by atoms with Crippen LogP contribution in [0.15, 0.2) is 126 Å². The lowest BCUT2D eigenvalue weighted by Gasteiger charge is -2.13. The predicted molar refractivity (Wildman–Crippen MR) is 180 cm³/mol. The van der Waals surface area contributed by atoms with E-state index in [2.05, 4.69) is 16.0 Å². The van der Waals surface area contributed by atoms with E-state index in [-0.39, 0.29) is 17.4 Å². The van der Waals surface area contributed by atoms with Crippen molar-refractivity contribution < 1.29 is 23.9 Å². The summed E-state index contributed by atoms with van der Waals surface area (Å²) < 4.78 is 10.7. The van der Waals surface area contributed by atoms with E-state index in [1.807, 2.05) is 54.6 Å². The normalized spacial score (nSPS) is 11.0. The Hall–Kier alpha value is -5.54. The highest BCUT2D eigenvalue weighted by atomic mass is 32.2. The van der Waals surface area contributed by atoms with Crippen LogP contribution in [0.3, 0.4) is 0 Å². The van der Waals surface area contributed by atoms with Crippen molar-refractivity contribution in [3.8, 4) is 11.5 Å². The van der Waals surface area contributed by atoms with Crippen LogP contribution in [0.25, 0.3) is 16.8 Å². The first kappa shape index (κ1) is 30.9. The average Bonchev–Trinajstić information content (AvgIpc) is 3.07. The van der Waals surface area contributed by atoms with Crippen molar-refractivity contribution >= 4 is 57.7 Å². The predicted octanol–water partition coefficient (Wildman–Crippen LogP) is 7.00. The third-order valence-electron chi connectivity index (χ3n) is 6.74. The average molecular weight is 618 g/mol. The number of anilines is 2. The van der Waals surface area contributed by atoms with Gasteiger partial charge >= 0.3 is 0 Å². The molecule has 9 heteroatoms. The minimum Gasteiger partial charge on any atom is -0.493 e. The van der Waals surface area contributed by atoms with Gasteiger partial charge in [-0.15, -0.1) is 11.8 Å². The van der Waals surface area contributed by atoms with Gasteiger partial charge in [0, 0.05) is 21.8 Å². The quantitative estimate of drug-likeness (QED) is 0.109. The second-order valence-electron chi connectivity index (χ2n) is 9.87. The lowest BCUT2D eigenvalue weighted by atomic mass is 10.1. The third kappa shape index (κ3) is 8.31. The summed E-state index contributed by atoms with van der Waals surface area (Å²) in [6, 6.07) is 34.7. The zero-order valence-corrected chi connectivity index (χ0v) is 25.5. The van der Waals surface area contributed by atoms with Crippen LogP contribution in [0, 0.1) is 0 Å². The molecule has 5 aromatic rings. The number of ether oxygens (including phenoxy) is 2. The molecule has 8 nitrogen and oxygen atoms in total. The van der Waals surface area contributed by atoms with Crippen molar-refractivity contribution in [2.45, 2.75) is 4.90 Å². The molecule has 0 aromatic heterocycles. The van der Waals surface area contributed by atoms with Gasteiger partial charge in [0.1, 0.15) is 5.70 Å². The number of rotatable bonds is 11. The molecule has 45 heavy (non-hydrogen) atoms. The lowest BCUT2D eigenvalue weighted by molar-refractivity contribution is -0.114. The number of methoxy groups -OCH3 is 2. The fourth-order valence-corrected chi connectivity index (χ4v) is 5.28. The van der Waals surface area contributed by atoms with E-state index in [0.29, 0.717) is 28.3 Å². The smallest absolute Gasteiger partial charge is 0.272 e. The summed E-state index contributed by atoms with van der Waals surface area (Å²) in [4.78, 5) is 40.0. The van der Waals surface area contributed by atoms with Gasteiger partial charge in [0.25, 0.3) is 11.8 Å². The lowest BCUT2D eigenvalue weighted by Crippen LogP contribution is -2.30. The monoisotopic (exact) mass is 617 g/mol. The van der Waals surface area contributed by atoms with Gasteiger partial charge in [-0.1, -0.05) is 60.7 Å². The standard InChI is InChI=1S/C36H31N3O5S/c1-43-32-18-15-24(20-33(32)44-2)19-31(39-35(41)26-10-4-3-5-11-26)36(42)38-28-13-8-14-30(22-28)45-23-34(40)37-29-17-16-25-9-6-7-12-27(25)21-29/h3-22H,23H2,1-2H3,(H,37,40)(H,38,42)(H,39,41)/b31-19+. The highest BCUT2D eigenvalue weighted by Gasteiger charge is 2.16. The van der Waals surface area contributed by atoms with Crippen LogP contribution in [0.4, 0.5) is 11.4 Å². The molecule has 3 amide bonds. The summed E-state index contributed by atoms with van der Waals surface area (Å²) in [7, 11) is 3.06. The van der Waals surface area contributed by atoms with Crippen LogP contribution < -0.4 is 25.4 Å².